The topological polar surface area (TPSA) is 167 Å². The molecule has 11 nitrogen and oxygen atoms in total. The van der Waals surface area contributed by atoms with E-state index < -0.39 is 31.0 Å². The number of nitrogens with one attached hydrogen (secondary N) is 2. The highest BCUT2D eigenvalue weighted by Gasteiger charge is 2.31. The van der Waals surface area contributed by atoms with E-state index in [4.69, 9.17) is 5.11 Å². The summed E-state index contributed by atoms with van der Waals surface area (Å²) < 4.78 is 0. The third-order valence-electron chi connectivity index (χ3n) is 5.32. The molecule has 1 aromatic heterocycles. The van der Waals surface area contributed by atoms with Gasteiger partial charge in [0, 0.05) is 25.8 Å². The molecule has 0 aliphatic rings. The van der Waals surface area contributed by atoms with Crippen molar-refractivity contribution in [2.45, 2.75) is 30.8 Å². The SMILES string of the molecule is CN(C[C@H](O)[C@@H](O)[C@H](O)[C@H](O)CO)c1nc(NCCc2ccccc2)nc(Nc2ccccc2)n1. The van der Waals surface area contributed by atoms with Crippen LogP contribution in [0.25, 0.3) is 0 Å². The van der Waals surface area contributed by atoms with E-state index in [9.17, 15) is 20.4 Å². The van der Waals surface area contributed by atoms with Crippen LogP contribution in [0.2, 0.25) is 0 Å². The van der Waals surface area contributed by atoms with E-state index >= 15 is 0 Å². The average Bonchev–Trinajstić information content (AvgIpc) is 2.88. The minimum Gasteiger partial charge on any atom is -0.394 e. The van der Waals surface area contributed by atoms with Gasteiger partial charge < -0.3 is 41.1 Å². The Labute approximate surface area is 203 Å². The second-order valence-electron chi connectivity index (χ2n) is 8.12. The number of aliphatic hydroxyl groups is 5. The predicted octanol–water partition coefficient (Wildman–Crippen LogP) is 0.142. The molecule has 0 aliphatic heterocycles. The molecule has 0 spiro atoms. The van der Waals surface area contributed by atoms with Crippen molar-refractivity contribution in [1.29, 1.82) is 0 Å². The van der Waals surface area contributed by atoms with Gasteiger partial charge in [-0.25, -0.2) is 0 Å². The summed E-state index contributed by atoms with van der Waals surface area (Å²) in [6.07, 6.45) is -5.67. The number of likely N-dealkylation sites (N-methyl/N-ethyl adjacent to an activating group) is 1. The maximum absolute atomic E-state index is 10.4. The van der Waals surface area contributed by atoms with Gasteiger partial charge in [0.25, 0.3) is 0 Å². The fraction of sp³-hybridized carbons (Fsp3) is 0.375. The van der Waals surface area contributed by atoms with Gasteiger partial charge in [0.15, 0.2) is 0 Å². The lowest BCUT2D eigenvalue weighted by atomic mass is 10.0. The molecule has 3 aromatic rings. The van der Waals surface area contributed by atoms with Crippen LogP contribution in [0, 0.1) is 0 Å². The summed E-state index contributed by atoms with van der Waals surface area (Å²) in [6, 6.07) is 19.3. The molecule has 0 saturated heterocycles. The molecule has 0 fully saturated rings. The number of rotatable bonds is 13. The lowest BCUT2D eigenvalue weighted by Crippen LogP contribution is -2.49. The summed E-state index contributed by atoms with van der Waals surface area (Å²) in [5.41, 5.74) is 1.94. The number of hydrogen-bond acceptors (Lipinski definition) is 11. The number of anilines is 4. The summed E-state index contributed by atoms with van der Waals surface area (Å²) in [4.78, 5) is 14.8. The van der Waals surface area contributed by atoms with E-state index in [2.05, 4.69) is 25.6 Å². The average molecular weight is 485 g/mol. The lowest BCUT2D eigenvalue weighted by molar-refractivity contribution is -0.112. The molecule has 2 aromatic carbocycles. The van der Waals surface area contributed by atoms with Crippen molar-refractivity contribution in [3.63, 3.8) is 0 Å². The van der Waals surface area contributed by atoms with Gasteiger partial charge in [-0.1, -0.05) is 48.5 Å². The van der Waals surface area contributed by atoms with Gasteiger partial charge in [-0.15, -0.1) is 0 Å². The maximum Gasteiger partial charge on any atom is 0.233 e. The first-order chi connectivity index (χ1) is 16.9. The fourth-order valence-electron chi connectivity index (χ4n) is 3.32. The van der Waals surface area contributed by atoms with Crippen molar-refractivity contribution < 1.29 is 25.5 Å². The summed E-state index contributed by atoms with van der Waals surface area (Å²) in [5.74, 6) is 0.812. The van der Waals surface area contributed by atoms with Crippen LogP contribution in [0.5, 0.6) is 0 Å². The monoisotopic (exact) mass is 484 g/mol. The van der Waals surface area contributed by atoms with Gasteiger partial charge >= 0.3 is 0 Å². The first-order valence-corrected chi connectivity index (χ1v) is 11.3. The quantitative estimate of drug-likeness (QED) is 0.176. The second kappa shape index (κ2) is 12.9. The molecular weight excluding hydrogens is 452 g/mol. The number of aliphatic hydroxyl groups excluding tert-OH is 5. The number of nitrogens with zero attached hydrogens (tertiary/aromatic N) is 4. The van der Waals surface area contributed by atoms with E-state index in [1.54, 1.807) is 7.05 Å². The first-order valence-electron chi connectivity index (χ1n) is 11.3. The molecule has 0 bridgehead atoms. The van der Waals surface area contributed by atoms with Crippen LogP contribution in [0.3, 0.4) is 0 Å². The lowest BCUT2D eigenvalue weighted by Gasteiger charge is -2.28. The summed E-state index contributed by atoms with van der Waals surface area (Å²) in [6.45, 7) is -0.329. The fourth-order valence-corrected chi connectivity index (χ4v) is 3.32. The molecule has 7 N–H and O–H groups in total. The molecule has 11 heteroatoms. The first kappa shape index (κ1) is 26.3. The van der Waals surface area contributed by atoms with Gasteiger partial charge in [-0.05, 0) is 24.1 Å². The molecule has 0 saturated carbocycles. The van der Waals surface area contributed by atoms with E-state index in [0.29, 0.717) is 12.5 Å². The predicted molar refractivity (Wildman–Crippen MR) is 133 cm³/mol. The van der Waals surface area contributed by atoms with Crippen LogP contribution in [0.1, 0.15) is 5.56 Å². The molecule has 188 valence electrons. The molecule has 1 heterocycles. The van der Waals surface area contributed by atoms with E-state index in [0.717, 1.165) is 17.7 Å². The van der Waals surface area contributed by atoms with E-state index in [-0.39, 0.29) is 18.4 Å². The Morgan fingerprint density at radius 3 is 2.06 bits per heavy atom. The molecule has 3 rings (SSSR count). The standard InChI is InChI=1S/C24H32N6O5/c1-30(14-18(32)20(34)21(35)19(33)15-31)24-28-22(25-13-12-16-8-4-2-5-9-16)27-23(29-24)26-17-10-6-3-7-11-17/h2-11,18-21,31-35H,12-15H2,1H3,(H2,25,26,27,28,29)/t18-,19+,20+,21+/m0/s1. The van der Waals surface area contributed by atoms with Crippen molar-refractivity contribution in [3.8, 4) is 0 Å². The normalized spacial score (nSPS) is 14.6. The molecule has 0 amide bonds. The number of hydrogen-bond donors (Lipinski definition) is 7. The highest BCUT2D eigenvalue weighted by Crippen LogP contribution is 2.18. The highest BCUT2D eigenvalue weighted by molar-refractivity contribution is 5.55. The highest BCUT2D eigenvalue weighted by atomic mass is 16.4. The Balaban J connectivity index is 1.74. The van der Waals surface area contributed by atoms with Gasteiger partial charge in [0.2, 0.25) is 17.8 Å². The van der Waals surface area contributed by atoms with Crippen molar-refractivity contribution >= 4 is 23.5 Å². The zero-order chi connectivity index (χ0) is 25.2. The number of benzene rings is 2. The summed E-state index contributed by atoms with van der Waals surface area (Å²) >= 11 is 0. The zero-order valence-corrected chi connectivity index (χ0v) is 19.4. The molecule has 0 unspecified atom stereocenters. The Hall–Kier alpha value is -3.35. The van der Waals surface area contributed by atoms with Crippen molar-refractivity contribution in [2.75, 3.05) is 42.3 Å². The Morgan fingerprint density at radius 2 is 1.40 bits per heavy atom. The van der Waals surface area contributed by atoms with Gasteiger partial charge in [-0.3, -0.25) is 0 Å². The molecule has 0 aliphatic carbocycles. The van der Waals surface area contributed by atoms with Crippen LogP contribution in [-0.2, 0) is 6.42 Å². The Morgan fingerprint density at radius 1 is 0.800 bits per heavy atom. The van der Waals surface area contributed by atoms with Crippen LogP contribution in [-0.4, -0.2) is 91.6 Å². The Kier molecular flexibility index (Phi) is 9.70. The third-order valence-corrected chi connectivity index (χ3v) is 5.32. The number of aromatic nitrogens is 3. The summed E-state index contributed by atoms with van der Waals surface area (Å²) in [7, 11) is 1.61. The van der Waals surface area contributed by atoms with Gasteiger partial charge in [0.05, 0.1) is 6.61 Å². The largest absolute Gasteiger partial charge is 0.394 e. The molecule has 35 heavy (non-hydrogen) atoms. The minimum absolute atomic E-state index is 0.158. The number of para-hydroxylation sites is 1. The van der Waals surface area contributed by atoms with Crippen LogP contribution in [0.15, 0.2) is 60.7 Å². The van der Waals surface area contributed by atoms with Crippen molar-refractivity contribution in [3.05, 3.63) is 66.2 Å². The van der Waals surface area contributed by atoms with Gasteiger partial charge in [-0.2, -0.15) is 15.0 Å². The smallest absolute Gasteiger partial charge is 0.233 e. The minimum atomic E-state index is -1.72. The Bertz CT molecular complexity index is 1030. The third kappa shape index (κ3) is 7.84. The van der Waals surface area contributed by atoms with E-state index in [1.807, 2.05) is 60.7 Å². The summed E-state index contributed by atoms with van der Waals surface area (Å²) in [5, 5.41) is 55.2. The second-order valence-corrected chi connectivity index (χ2v) is 8.12. The van der Waals surface area contributed by atoms with E-state index in [1.165, 1.54) is 4.90 Å². The molecule has 0 radical (unpaired) electrons. The van der Waals surface area contributed by atoms with Crippen LogP contribution >= 0.6 is 0 Å². The molecular formula is C24H32N6O5. The zero-order valence-electron chi connectivity index (χ0n) is 19.4. The van der Waals surface area contributed by atoms with Crippen LogP contribution in [0.4, 0.5) is 23.5 Å². The van der Waals surface area contributed by atoms with Crippen molar-refractivity contribution in [2.24, 2.45) is 0 Å². The van der Waals surface area contributed by atoms with Crippen LogP contribution < -0.4 is 15.5 Å². The maximum atomic E-state index is 10.4. The van der Waals surface area contributed by atoms with Gasteiger partial charge in [0.1, 0.15) is 24.4 Å². The molecule has 4 atom stereocenters. The van der Waals surface area contributed by atoms with Crippen molar-refractivity contribution in [1.82, 2.24) is 15.0 Å².